The molecule has 0 radical (unpaired) electrons. The van der Waals surface area contributed by atoms with Crippen LogP contribution in [-0.2, 0) is 0 Å². The second kappa shape index (κ2) is 5.02. The SMILES string of the molecule is C=CCCOc1ccc2c(c1)OC(C)(C)CC2N. The topological polar surface area (TPSA) is 44.5 Å². The summed E-state index contributed by atoms with van der Waals surface area (Å²) in [4.78, 5) is 0. The van der Waals surface area contributed by atoms with E-state index in [1.807, 2.05) is 24.3 Å². The van der Waals surface area contributed by atoms with Crippen LogP contribution in [-0.4, -0.2) is 12.2 Å². The highest BCUT2D eigenvalue weighted by Crippen LogP contribution is 2.39. The maximum Gasteiger partial charge on any atom is 0.128 e. The third-order valence-corrected chi connectivity index (χ3v) is 3.07. The second-order valence-electron chi connectivity index (χ2n) is 5.30. The molecule has 1 aromatic carbocycles. The summed E-state index contributed by atoms with van der Waals surface area (Å²) >= 11 is 0. The molecule has 2 N–H and O–H groups in total. The van der Waals surface area contributed by atoms with E-state index in [1.54, 1.807) is 0 Å². The molecular formula is C15H21NO2. The Balaban J connectivity index is 2.17. The zero-order chi connectivity index (χ0) is 13.2. The van der Waals surface area contributed by atoms with Crippen LogP contribution in [0.3, 0.4) is 0 Å². The molecule has 0 fully saturated rings. The fourth-order valence-electron chi connectivity index (χ4n) is 2.24. The molecule has 1 aliphatic rings. The first kappa shape index (κ1) is 13.0. The van der Waals surface area contributed by atoms with Crippen molar-refractivity contribution in [1.82, 2.24) is 0 Å². The van der Waals surface area contributed by atoms with Crippen LogP contribution in [0.1, 0.15) is 38.3 Å². The van der Waals surface area contributed by atoms with E-state index in [9.17, 15) is 0 Å². The van der Waals surface area contributed by atoms with Gasteiger partial charge in [-0.15, -0.1) is 6.58 Å². The van der Waals surface area contributed by atoms with Gasteiger partial charge in [0.25, 0.3) is 0 Å². The molecule has 1 aromatic rings. The van der Waals surface area contributed by atoms with Crippen molar-refractivity contribution >= 4 is 0 Å². The molecule has 1 unspecified atom stereocenters. The van der Waals surface area contributed by atoms with Crippen molar-refractivity contribution < 1.29 is 9.47 Å². The maximum atomic E-state index is 6.16. The quantitative estimate of drug-likeness (QED) is 0.656. The summed E-state index contributed by atoms with van der Waals surface area (Å²) in [6.45, 7) is 8.42. The van der Waals surface area contributed by atoms with Crippen LogP contribution in [0.15, 0.2) is 30.9 Å². The van der Waals surface area contributed by atoms with Gasteiger partial charge in [0, 0.05) is 24.1 Å². The molecule has 2 rings (SSSR count). The monoisotopic (exact) mass is 247 g/mol. The minimum Gasteiger partial charge on any atom is -0.493 e. The highest BCUT2D eigenvalue weighted by molar-refractivity contribution is 5.44. The number of fused-ring (bicyclic) bond motifs is 1. The van der Waals surface area contributed by atoms with Gasteiger partial charge in [0.2, 0.25) is 0 Å². The Kier molecular flexibility index (Phi) is 3.62. The first-order valence-electron chi connectivity index (χ1n) is 6.34. The van der Waals surface area contributed by atoms with Gasteiger partial charge < -0.3 is 15.2 Å². The molecule has 3 heteroatoms. The van der Waals surface area contributed by atoms with E-state index < -0.39 is 0 Å². The molecule has 3 nitrogen and oxygen atoms in total. The van der Waals surface area contributed by atoms with Crippen molar-refractivity contribution in [2.75, 3.05) is 6.61 Å². The van der Waals surface area contributed by atoms with Crippen molar-refractivity contribution in [2.45, 2.75) is 38.3 Å². The van der Waals surface area contributed by atoms with Gasteiger partial charge >= 0.3 is 0 Å². The summed E-state index contributed by atoms with van der Waals surface area (Å²) in [7, 11) is 0. The van der Waals surface area contributed by atoms with Crippen molar-refractivity contribution in [3.63, 3.8) is 0 Å². The van der Waals surface area contributed by atoms with Crippen LogP contribution in [0.25, 0.3) is 0 Å². The fourth-order valence-corrected chi connectivity index (χ4v) is 2.24. The first-order chi connectivity index (χ1) is 8.52. The summed E-state index contributed by atoms with van der Waals surface area (Å²) in [6.07, 6.45) is 3.51. The van der Waals surface area contributed by atoms with E-state index in [-0.39, 0.29) is 11.6 Å². The molecule has 18 heavy (non-hydrogen) atoms. The largest absolute Gasteiger partial charge is 0.493 e. The lowest BCUT2D eigenvalue weighted by atomic mass is 9.90. The van der Waals surface area contributed by atoms with Crippen LogP contribution in [0.2, 0.25) is 0 Å². The lowest BCUT2D eigenvalue weighted by Crippen LogP contribution is -2.37. The molecule has 0 amide bonds. The van der Waals surface area contributed by atoms with E-state index >= 15 is 0 Å². The molecule has 0 spiro atoms. The van der Waals surface area contributed by atoms with Crippen LogP contribution in [0, 0.1) is 0 Å². The summed E-state index contributed by atoms with van der Waals surface area (Å²) in [5.41, 5.74) is 7.00. The molecule has 0 saturated carbocycles. The van der Waals surface area contributed by atoms with E-state index in [2.05, 4.69) is 20.4 Å². The van der Waals surface area contributed by atoms with Crippen molar-refractivity contribution in [3.8, 4) is 11.5 Å². The van der Waals surface area contributed by atoms with E-state index in [0.717, 1.165) is 29.9 Å². The smallest absolute Gasteiger partial charge is 0.128 e. The zero-order valence-electron chi connectivity index (χ0n) is 11.1. The van der Waals surface area contributed by atoms with Gasteiger partial charge in [0.15, 0.2) is 0 Å². The molecule has 1 atom stereocenters. The Bertz CT molecular complexity index is 440. The number of nitrogens with two attached hydrogens (primary N) is 1. The van der Waals surface area contributed by atoms with Gasteiger partial charge in [-0.2, -0.15) is 0 Å². The average Bonchev–Trinajstić information content (AvgIpc) is 2.27. The molecular weight excluding hydrogens is 226 g/mol. The Morgan fingerprint density at radius 2 is 2.33 bits per heavy atom. The first-order valence-corrected chi connectivity index (χ1v) is 6.34. The Labute approximate surface area is 109 Å². The molecule has 0 aromatic heterocycles. The van der Waals surface area contributed by atoms with Crippen molar-refractivity contribution in [2.24, 2.45) is 5.73 Å². The number of hydrogen-bond acceptors (Lipinski definition) is 3. The van der Waals surface area contributed by atoms with Gasteiger partial charge in [0.05, 0.1) is 6.61 Å². The predicted octanol–water partition coefficient (Wildman–Crippen LogP) is 3.20. The summed E-state index contributed by atoms with van der Waals surface area (Å²) in [5.74, 6) is 1.66. The molecule has 1 heterocycles. The number of ether oxygens (including phenoxy) is 2. The Morgan fingerprint density at radius 3 is 3.06 bits per heavy atom. The van der Waals surface area contributed by atoms with Crippen LogP contribution in [0.5, 0.6) is 11.5 Å². The van der Waals surface area contributed by atoms with E-state index in [1.165, 1.54) is 0 Å². The fraction of sp³-hybridized carbons (Fsp3) is 0.467. The molecule has 0 bridgehead atoms. The van der Waals surface area contributed by atoms with Gasteiger partial charge in [0.1, 0.15) is 17.1 Å². The van der Waals surface area contributed by atoms with Crippen molar-refractivity contribution in [1.29, 1.82) is 0 Å². The van der Waals surface area contributed by atoms with Crippen LogP contribution >= 0.6 is 0 Å². The Morgan fingerprint density at radius 1 is 1.56 bits per heavy atom. The van der Waals surface area contributed by atoms with Crippen LogP contribution in [0.4, 0.5) is 0 Å². The maximum absolute atomic E-state index is 6.16. The summed E-state index contributed by atoms with van der Waals surface area (Å²) < 4.78 is 11.6. The molecule has 0 saturated heterocycles. The highest BCUT2D eigenvalue weighted by atomic mass is 16.5. The molecule has 0 aliphatic carbocycles. The van der Waals surface area contributed by atoms with Gasteiger partial charge in [-0.1, -0.05) is 12.1 Å². The third kappa shape index (κ3) is 2.85. The Hall–Kier alpha value is -1.48. The summed E-state index contributed by atoms with van der Waals surface area (Å²) in [6, 6.07) is 5.91. The minimum atomic E-state index is -0.216. The highest BCUT2D eigenvalue weighted by Gasteiger charge is 2.31. The lowest BCUT2D eigenvalue weighted by molar-refractivity contribution is 0.0724. The standard InChI is InChI=1S/C15H21NO2/c1-4-5-8-17-11-6-7-12-13(16)10-15(2,3)18-14(12)9-11/h4,6-7,9,13H,1,5,8,10,16H2,2-3H3. The minimum absolute atomic E-state index is 0.0333. The number of hydrogen-bond donors (Lipinski definition) is 1. The van der Waals surface area contributed by atoms with E-state index in [0.29, 0.717) is 6.61 Å². The second-order valence-corrected chi connectivity index (χ2v) is 5.30. The zero-order valence-corrected chi connectivity index (χ0v) is 11.1. The molecule has 98 valence electrons. The van der Waals surface area contributed by atoms with Gasteiger partial charge in [-0.05, 0) is 26.3 Å². The van der Waals surface area contributed by atoms with Gasteiger partial charge in [-0.3, -0.25) is 0 Å². The van der Waals surface area contributed by atoms with Crippen molar-refractivity contribution in [3.05, 3.63) is 36.4 Å². The molecule has 1 aliphatic heterocycles. The third-order valence-electron chi connectivity index (χ3n) is 3.07. The summed E-state index contributed by atoms with van der Waals surface area (Å²) in [5, 5.41) is 0. The van der Waals surface area contributed by atoms with Gasteiger partial charge in [-0.25, -0.2) is 0 Å². The lowest BCUT2D eigenvalue weighted by Gasteiger charge is -2.36. The van der Waals surface area contributed by atoms with E-state index in [4.69, 9.17) is 15.2 Å². The normalized spacial score (nSPS) is 20.7. The predicted molar refractivity (Wildman–Crippen MR) is 73.0 cm³/mol. The number of benzene rings is 1. The van der Waals surface area contributed by atoms with Crippen LogP contribution < -0.4 is 15.2 Å². The average molecular weight is 247 g/mol. The number of rotatable bonds is 4.